The van der Waals surface area contributed by atoms with Crippen molar-refractivity contribution in [3.63, 3.8) is 0 Å². The van der Waals surface area contributed by atoms with E-state index in [1.807, 2.05) is 47.4 Å². The second kappa shape index (κ2) is 9.00. The van der Waals surface area contributed by atoms with E-state index in [0.717, 1.165) is 49.1 Å². The number of carbonyl (C=O) groups is 2. The van der Waals surface area contributed by atoms with Gasteiger partial charge in [0.15, 0.2) is 0 Å². The molecule has 1 aliphatic rings. The molecule has 1 fully saturated rings. The van der Waals surface area contributed by atoms with Crippen LogP contribution >= 0.6 is 0 Å². The van der Waals surface area contributed by atoms with Crippen molar-refractivity contribution in [1.29, 1.82) is 0 Å². The Morgan fingerprint density at radius 2 is 1.70 bits per heavy atom. The number of fused-ring (bicyclic) bond motifs is 1. The standard InChI is InChI=1S/C22H29N3O2/c1-17(2)16-24-10-12-25(13-11-24)22(27)15-23-21(26)14-19-8-5-7-18-6-3-4-9-20(18)19/h3-9,17H,10-16H2,1-2H3,(H,23,26). The molecule has 27 heavy (non-hydrogen) atoms. The summed E-state index contributed by atoms with van der Waals surface area (Å²) >= 11 is 0. The van der Waals surface area contributed by atoms with Crippen LogP contribution in [0.3, 0.4) is 0 Å². The molecule has 2 amide bonds. The van der Waals surface area contributed by atoms with Gasteiger partial charge < -0.3 is 10.2 Å². The van der Waals surface area contributed by atoms with Gasteiger partial charge in [-0.1, -0.05) is 56.3 Å². The fourth-order valence-electron chi connectivity index (χ4n) is 3.66. The maximum atomic E-state index is 12.4. The molecule has 0 aliphatic carbocycles. The maximum Gasteiger partial charge on any atom is 0.242 e. The van der Waals surface area contributed by atoms with Crippen molar-refractivity contribution in [2.75, 3.05) is 39.3 Å². The molecule has 0 spiro atoms. The van der Waals surface area contributed by atoms with E-state index >= 15 is 0 Å². The fourth-order valence-corrected chi connectivity index (χ4v) is 3.66. The highest BCUT2D eigenvalue weighted by Crippen LogP contribution is 2.18. The van der Waals surface area contributed by atoms with Crippen LogP contribution in [-0.4, -0.2) is 60.9 Å². The number of hydrogen-bond acceptors (Lipinski definition) is 3. The van der Waals surface area contributed by atoms with E-state index in [-0.39, 0.29) is 24.8 Å². The van der Waals surface area contributed by atoms with Crippen molar-refractivity contribution in [2.24, 2.45) is 5.92 Å². The van der Waals surface area contributed by atoms with E-state index < -0.39 is 0 Å². The SMILES string of the molecule is CC(C)CN1CCN(C(=O)CNC(=O)Cc2cccc3ccccc23)CC1. The lowest BCUT2D eigenvalue weighted by atomic mass is 10.0. The third kappa shape index (κ3) is 5.30. The first-order chi connectivity index (χ1) is 13.0. The van der Waals surface area contributed by atoms with E-state index in [4.69, 9.17) is 0 Å². The lowest BCUT2D eigenvalue weighted by molar-refractivity contribution is -0.134. The number of nitrogens with zero attached hydrogens (tertiary/aromatic N) is 2. The van der Waals surface area contributed by atoms with Gasteiger partial charge in [0.2, 0.25) is 11.8 Å². The lowest BCUT2D eigenvalue weighted by Gasteiger charge is -2.35. The molecule has 1 aliphatic heterocycles. The summed E-state index contributed by atoms with van der Waals surface area (Å²) in [7, 11) is 0. The van der Waals surface area contributed by atoms with Crippen LogP contribution in [0.2, 0.25) is 0 Å². The molecule has 0 radical (unpaired) electrons. The van der Waals surface area contributed by atoms with E-state index in [1.165, 1.54) is 0 Å². The first kappa shape index (κ1) is 19.4. The van der Waals surface area contributed by atoms with Gasteiger partial charge in [0.1, 0.15) is 0 Å². The Balaban J connectivity index is 1.47. The molecule has 1 heterocycles. The molecule has 144 valence electrons. The summed E-state index contributed by atoms with van der Waals surface area (Å²) in [5, 5.41) is 5.00. The zero-order valence-electron chi connectivity index (χ0n) is 16.3. The van der Waals surface area contributed by atoms with Crippen LogP contribution in [0.25, 0.3) is 10.8 Å². The van der Waals surface area contributed by atoms with Crippen LogP contribution < -0.4 is 5.32 Å². The third-order valence-corrected chi connectivity index (χ3v) is 5.02. The molecule has 2 aromatic rings. The normalized spacial score (nSPS) is 15.3. The number of hydrogen-bond donors (Lipinski definition) is 1. The van der Waals surface area contributed by atoms with Crippen molar-refractivity contribution in [2.45, 2.75) is 20.3 Å². The van der Waals surface area contributed by atoms with Gasteiger partial charge in [-0.25, -0.2) is 0 Å². The zero-order valence-corrected chi connectivity index (χ0v) is 16.3. The van der Waals surface area contributed by atoms with Gasteiger partial charge in [-0.05, 0) is 22.3 Å². The molecule has 0 atom stereocenters. The Bertz CT molecular complexity index is 790. The summed E-state index contributed by atoms with van der Waals surface area (Å²) in [6.07, 6.45) is 0.288. The summed E-state index contributed by atoms with van der Waals surface area (Å²) in [6.45, 7) is 8.88. The van der Waals surface area contributed by atoms with Crippen molar-refractivity contribution < 1.29 is 9.59 Å². The topological polar surface area (TPSA) is 52.6 Å². The highest BCUT2D eigenvalue weighted by atomic mass is 16.2. The molecule has 5 nitrogen and oxygen atoms in total. The summed E-state index contributed by atoms with van der Waals surface area (Å²) in [4.78, 5) is 29.0. The van der Waals surface area contributed by atoms with E-state index in [0.29, 0.717) is 5.92 Å². The molecule has 1 N–H and O–H groups in total. The predicted molar refractivity (Wildman–Crippen MR) is 109 cm³/mol. The minimum atomic E-state index is -0.113. The van der Waals surface area contributed by atoms with Gasteiger partial charge in [-0.3, -0.25) is 14.5 Å². The summed E-state index contributed by atoms with van der Waals surface area (Å²) in [5.41, 5.74) is 0.986. The maximum absolute atomic E-state index is 12.4. The molecule has 0 saturated carbocycles. The predicted octanol–water partition coefficient (Wildman–Crippen LogP) is 2.30. The van der Waals surface area contributed by atoms with Gasteiger partial charge in [0, 0.05) is 32.7 Å². The monoisotopic (exact) mass is 367 g/mol. The number of rotatable bonds is 6. The van der Waals surface area contributed by atoms with Gasteiger partial charge >= 0.3 is 0 Å². The molecule has 2 aromatic carbocycles. The molecular weight excluding hydrogens is 338 g/mol. The van der Waals surface area contributed by atoms with Gasteiger partial charge in [0.05, 0.1) is 13.0 Å². The van der Waals surface area contributed by atoms with Crippen molar-refractivity contribution in [3.8, 4) is 0 Å². The van der Waals surface area contributed by atoms with E-state index in [9.17, 15) is 9.59 Å². The molecular formula is C22H29N3O2. The van der Waals surface area contributed by atoms with Crippen molar-refractivity contribution in [3.05, 3.63) is 48.0 Å². The quantitative estimate of drug-likeness (QED) is 0.852. The molecule has 0 bridgehead atoms. The number of carbonyl (C=O) groups excluding carboxylic acids is 2. The zero-order chi connectivity index (χ0) is 19.2. The highest BCUT2D eigenvalue weighted by molar-refractivity contribution is 5.91. The Morgan fingerprint density at radius 1 is 1.00 bits per heavy atom. The highest BCUT2D eigenvalue weighted by Gasteiger charge is 2.21. The first-order valence-corrected chi connectivity index (χ1v) is 9.76. The minimum absolute atomic E-state index is 0.00506. The fraction of sp³-hybridized carbons (Fsp3) is 0.455. The minimum Gasteiger partial charge on any atom is -0.347 e. The average Bonchev–Trinajstić information content (AvgIpc) is 2.66. The number of amides is 2. The van der Waals surface area contributed by atoms with Gasteiger partial charge in [-0.2, -0.15) is 0 Å². The summed E-state index contributed by atoms with van der Waals surface area (Å²) in [5.74, 6) is 0.532. The Hall–Kier alpha value is -2.40. The molecule has 5 heteroatoms. The lowest BCUT2D eigenvalue weighted by Crippen LogP contribution is -2.51. The number of benzene rings is 2. The Morgan fingerprint density at radius 3 is 2.44 bits per heavy atom. The summed E-state index contributed by atoms with van der Waals surface area (Å²) in [6, 6.07) is 14.0. The van der Waals surface area contributed by atoms with Crippen molar-refractivity contribution >= 4 is 22.6 Å². The second-order valence-corrected chi connectivity index (χ2v) is 7.67. The smallest absolute Gasteiger partial charge is 0.242 e. The van der Waals surface area contributed by atoms with Crippen LogP contribution in [0.15, 0.2) is 42.5 Å². The molecule has 3 rings (SSSR count). The third-order valence-electron chi connectivity index (χ3n) is 5.02. The van der Waals surface area contributed by atoms with Crippen LogP contribution in [0.4, 0.5) is 0 Å². The Labute approximate surface area is 161 Å². The number of piperazine rings is 1. The average molecular weight is 367 g/mol. The van der Waals surface area contributed by atoms with Crippen LogP contribution in [-0.2, 0) is 16.0 Å². The van der Waals surface area contributed by atoms with Crippen LogP contribution in [0.5, 0.6) is 0 Å². The Kier molecular flexibility index (Phi) is 6.45. The van der Waals surface area contributed by atoms with Gasteiger partial charge in [-0.15, -0.1) is 0 Å². The molecule has 0 aromatic heterocycles. The van der Waals surface area contributed by atoms with E-state index in [2.05, 4.69) is 24.1 Å². The van der Waals surface area contributed by atoms with Crippen LogP contribution in [0, 0.1) is 5.92 Å². The van der Waals surface area contributed by atoms with Crippen LogP contribution in [0.1, 0.15) is 19.4 Å². The van der Waals surface area contributed by atoms with Gasteiger partial charge in [0.25, 0.3) is 0 Å². The molecule has 0 unspecified atom stereocenters. The number of nitrogens with one attached hydrogen (secondary N) is 1. The molecule has 1 saturated heterocycles. The first-order valence-electron chi connectivity index (χ1n) is 9.76. The van der Waals surface area contributed by atoms with Crippen molar-refractivity contribution in [1.82, 2.24) is 15.1 Å². The summed E-state index contributed by atoms with van der Waals surface area (Å²) < 4.78 is 0. The van der Waals surface area contributed by atoms with E-state index in [1.54, 1.807) is 0 Å². The largest absolute Gasteiger partial charge is 0.347 e. The second-order valence-electron chi connectivity index (χ2n) is 7.67.